The Morgan fingerprint density at radius 3 is 3.00 bits per heavy atom. The van der Waals surface area contributed by atoms with E-state index < -0.39 is 0 Å². The first-order valence-electron chi connectivity index (χ1n) is 6.27. The van der Waals surface area contributed by atoms with Crippen molar-refractivity contribution in [1.29, 1.82) is 0 Å². The molecule has 18 heavy (non-hydrogen) atoms. The summed E-state index contributed by atoms with van der Waals surface area (Å²) in [6.45, 7) is 1.61. The number of halogens is 1. The van der Waals surface area contributed by atoms with Crippen molar-refractivity contribution in [3.63, 3.8) is 0 Å². The van der Waals surface area contributed by atoms with Crippen LogP contribution in [0.2, 0.25) is 0 Å². The third-order valence-corrected chi connectivity index (χ3v) is 3.80. The van der Waals surface area contributed by atoms with Crippen LogP contribution in [0.5, 0.6) is 5.75 Å². The number of ether oxygens (including phenoxy) is 1. The van der Waals surface area contributed by atoms with Crippen molar-refractivity contribution in [1.82, 2.24) is 10.3 Å². The minimum Gasteiger partial charge on any atom is -0.495 e. The number of hydrogen-bond acceptors (Lipinski definition) is 4. The number of methoxy groups -OCH3 is 1. The van der Waals surface area contributed by atoms with Gasteiger partial charge in [-0.05, 0) is 59.8 Å². The van der Waals surface area contributed by atoms with Gasteiger partial charge in [-0.2, -0.15) is 0 Å². The van der Waals surface area contributed by atoms with Crippen LogP contribution in [0.1, 0.15) is 25.0 Å². The van der Waals surface area contributed by atoms with Crippen LogP contribution >= 0.6 is 15.9 Å². The van der Waals surface area contributed by atoms with Gasteiger partial charge in [-0.3, -0.25) is 0 Å². The molecule has 100 valence electrons. The maximum Gasteiger partial charge on any atom is 0.141 e. The molecule has 0 bridgehead atoms. The second-order valence-electron chi connectivity index (χ2n) is 4.75. The molecule has 1 saturated carbocycles. The number of nitrogens with zero attached hydrogens (tertiary/aromatic N) is 1. The SMILES string of the molecule is COc1ccc(Br)nc1CNCC1CCC(O)C1. The third-order valence-electron chi connectivity index (χ3n) is 3.36. The highest BCUT2D eigenvalue weighted by Crippen LogP contribution is 2.25. The van der Waals surface area contributed by atoms with Crippen molar-refractivity contribution < 1.29 is 9.84 Å². The predicted molar refractivity (Wildman–Crippen MR) is 73.5 cm³/mol. The van der Waals surface area contributed by atoms with E-state index in [2.05, 4.69) is 26.2 Å². The largest absolute Gasteiger partial charge is 0.495 e. The fourth-order valence-electron chi connectivity index (χ4n) is 2.40. The number of aliphatic hydroxyl groups excluding tert-OH is 1. The molecule has 1 heterocycles. The zero-order valence-electron chi connectivity index (χ0n) is 10.5. The van der Waals surface area contributed by atoms with E-state index in [1.807, 2.05) is 12.1 Å². The van der Waals surface area contributed by atoms with Crippen LogP contribution in [-0.2, 0) is 6.54 Å². The molecule has 0 radical (unpaired) electrons. The zero-order valence-corrected chi connectivity index (χ0v) is 12.1. The van der Waals surface area contributed by atoms with Gasteiger partial charge in [0.2, 0.25) is 0 Å². The molecule has 2 N–H and O–H groups in total. The Bertz CT molecular complexity index is 401. The topological polar surface area (TPSA) is 54.4 Å². The van der Waals surface area contributed by atoms with Gasteiger partial charge < -0.3 is 15.2 Å². The smallest absolute Gasteiger partial charge is 0.141 e. The van der Waals surface area contributed by atoms with Crippen LogP contribution in [0, 0.1) is 5.92 Å². The highest BCUT2D eigenvalue weighted by atomic mass is 79.9. The van der Waals surface area contributed by atoms with Crippen molar-refractivity contribution in [3.8, 4) is 5.75 Å². The molecule has 1 aliphatic rings. The molecule has 4 nitrogen and oxygen atoms in total. The fraction of sp³-hybridized carbons (Fsp3) is 0.615. The molecule has 2 unspecified atom stereocenters. The van der Waals surface area contributed by atoms with E-state index in [4.69, 9.17) is 4.74 Å². The number of rotatable bonds is 5. The van der Waals surface area contributed by atoms with Gasteiger partial charge >= 0.3 is 0 Å². The molecular formula is C13H19BrN2O2. The van der Waals surface area contributed by atoms with Crippen LogP contribution in [0.25, 0.3) is 0 Å². The molecule has 1 aromatic rings. The van der Waals surface area contributed by atoms with E-state index in [0.717, 1.165) is 41.9 Å². The van der Waals surface area contributed by atoms with Gasteiger partial charge in [0.25, 0.3) is 0 Å². The summed E-state index contributed by atoms with van der Waals surface area (Å²) in [7, 11) is 1.65. The summed E-state index contributed by atoms with van der Waals surface area (Å²) in [6, 6.07) is 3.78. The monoisotopic (exact) mass is 314 g/mol. The fourth-order valence-corrected chi connectivity index (χ4v) is 2.75. The quantitative estimate of drug-likeness (QED) is 0.817. The molecule has 5 heteroatoms. The Hall–Kier alpha value is -0.650. The molecule has 2 atom stereocenters. The van der Waals surface area contributed by atoms with E-state index in [9.17, 15) is 5.11 Å². The maximum absolute atomic E-state index is 9.47. The molecular weight excluding hydrogens is 296 g/mol. The molecule has 1 aliphatic carbocycles. The Morgan fingerprint density at radius 1 is 1.50 bits per heavy atom. The summed E-state index contributed by atoms with van der Waals surface area (Å²) in [4.78, 5) is 4.40. The molecule has 0 spiro atoms. The lowest BCUT2D eigenvalue weighted by Crippen LogP contribution is -2.22. The Morgan fingerprint density at radius 2 is 2.33 bits per heavy atom. The van der Waals surface area contributed by atoms with Crippen molar-refractivity contribution in [2.75, 3.05) is 13.7 Å². The Labute approximate surface area is 116 Å². The highest BCUT2D eigenvalue weighted by Gasteiger charge is 2.22. The number of pyridine rings is 1. The summed E-state index contributed by atoms with van der Waals surface area (Å²) in [5.41, 5.74) is 0.908. The van der Waals surface area contributed by atoms with Crippen LogP contribution in [0.4, 0.5) is 0 Å². The van der Waals surface area contributed by atoms with Crippen molar-refractivity contribution in [2.24, 2.45) is 5.92 Å². The molecule has 2 rings (SSSR count). The third kappa shape index (κ3) is 3.67. The lowest BCUT2D eigenvalue weighted by molar-refractivity contribution is 0.177. The Balaban J connectivity index is 1.84. The molecule has 1 aromatic heterocycles. The number of aliphatic hydroxyl groups is 1. The van der Waals surface area contributed by atoms with E-state index in [0.29, 0.717) is 12.5 Å². The number of aromatic nitrogens is 1. The van der Waals surface area contributed by atoms with Gasteiger partial charge in [-0.25, -0.2) is 4.98 Å². The summed E-state index contributed by atoms with van der Waals surface area (Å²) >= 11 is 3.36. The Kier molecular flexibility index (Phi) is 4.97. The van der Waals surface area contributed by atoms with E-state index >= 15 is 0 Å². The first-order chi connectivity index (χ1) is 8.69. The molecule has 0 saturated heterocycles. The predicted octanol–water partition coefficient (Wildman–Crippen LogP) is 2.10. The molecule has 0 amide bonds. The van der Waals surface area contributed by atoms with Gasteiger partial charge in [0.15, 0.2) is 0 Å². The summed E-state index contributed by atoms with van der Waals surface area (Å²) in [5, 5.41) is 12.9. The minimum atomic E-state index is -0.102. The second-order valence-corrected chi connectivity index (χ2v) is 5.56. The van der Waals surface area contributed by atoms with Gasteiger partial charge in [0.05, 0.1) is 18.9 Å². The number of nitrogens with one attached hydrogen (secondary N) is 1. The average Bonchev–Trinajstić information content (AvgIpc) is 2.75. The van der Waals surface area contributed by atoms with Gasteiger partial charge in [-0.1, -0.05) is 0 Å². The van der Waals surface area contributed by atoms with E-state index in [1.165, 1.54) is 0 Å². The van der Waals surface area contributed by atoms with Crippen molar-refractivity contribution in [3.05, 3.63) is 22.4 Å². The maximum atomic E-state index is 9.47. The van der Waals surface area contributed by atoms with Crippen LogP contribution in [0.3, 0.4) is 0 Å². The van der Waals surface area contributed by atoms with Crippen molar-refractivity contribution >= 4 is 15.9 Å². The second kappa shape index (κ2) is 6.50. The normalized spacial score (nSPS) is 23.3. The summed E-state index contributed by atoms with van der Waals surface area (Å²) in [6.07, 6.45) is 2.85. The first-order valence-corrected chi connectivity index (χ1v) is 7.06. The van der Waals surface area contributed by atoms with E-state index in [-0.39, 0.29) is 6.10 Å². The van der Waals surface area contributed by atoms with Gasteiger partial charge in [0.1, 0.15) is 10.4 Å². The minimum absolute atomic E-state index is 0.102. The summed E-state index contributed by atoms with van der Waals surface area (Å²) < 4.78 is 6.09. The molecule has 1 fully saturated rings. The summed E-state index contributed by atoms with van der Waals surface area (Å²) in [5.74, 6) is 1.38. The van der Waals surface area contributed by atoms with Gasteiger partial charge in [0, 0.05) is 6.54 Å². The number of hydrogen-bond donors (Lipinski definition) is 2. The van der Waals surface area contributed by atoms with Crippen LogP contribution in [-0.4, -0.2) is 29.8 Å². The van der Waals surface area contributed by atoms with Crippen LogP contribution in [0.15, 0.2) is 16.7 Å². The lowest BCUT2D eigenvalue weighted by Gasteiger charge is -2.12. The van der Waals surface area contributed by atoms with Crippen molar-refractivity contribution in [2.45, 2.75) is 31.9 Å². The average molecular weight is 315 g/mol. The van der Waals surface area contributed by atoms with E-state index in [1.54, 1.807) is 7.11 Å². The first kappa shape index (κ1) is 13.8. The standard InChI is InChI=1S/C13H19BrN2O2/c1-18-12-4-5-13(14)16-11(12)8-15-7-9-2-3-10(17)6-9/h4-5,9-10,15,17H,2-3,6-8H2,1H3. The highest BCUT2D eigenvalue weighted by molar-refractivity contribution is 9.10. The molecule has 0 aromatic carbocycles. The van der Waals surface area contributed by atoms with Gasteiger partial charge in [-0.15, -0.1) is 0 Å². The van der Waals surface area contributed by atoms with Crippen LogP contribution < -0.4 is 10.1 Å². The molecule has 0 aliphatic heterocycles. The zero-order chi connectivity index (χ0) is 13.0. The lowest BCUT2D eigenvalue weighted by atomic mass is 10.1.